The van der Waals surface area contributed by atoms with E-state index in [-0.39, 0.29) is 11.2 Å². The molecule has 33 heavy (non-hydrogen) atoms. The van der Waals surface area contributed by atoms with Crippen LogP contribution in [-0.2, 0) is 6.42 Å². The molecule has 0 saturated carbocycles. The number of rotatable bonds is 6. The normalized spacial score (nSPS) is 15.3. The largest absolute Gasteiger partial charge is 0.494 e. The van der Waals surface area contributed by atoms with Crippen LogP contribution in [0.2, 0.25) is 0 Å². The minimum absolute atomic E-state index is 0.0504. The van der Waals surface area contributed by atoms with Gasteiger partial charge in [0.25, 0.3) is 5.91 Å². The molecule has 0 bridgehead atoms. The second-order valence-corrected chi connectivity index (χ2v) is 9.12. The van der Waals surface area contributed by atoms with Crippen LogP contribution >= 0.6 is 11.3 Å². The molecule has 1 unspecified atom stereocenters. The number of carbonyl (C=O) groups is 1. The Morgan fingerprint density at radius 3 is 2.70 bits per heavy atom. The third kappa shape index (κ3) is 3.60. The lowest BCUT2D eigenvalue weighted by Gasteiger charge is -2.22. The Balaban J connectivity index is 1.75. The number of benzene rings is 2. The van der Waals surface area contributed by atoms with Crippen LogP contribution in [0, 0.1) is 6.92 Å². The number of hydrogen-bond acceptors (Lipinski definition) is 7. The van der Waals surface area contributed by atoms with Gasteiger partial charge in [-0.1, -0.05) is 43.4 Å². The van der Waals surface area contributed by atoms with Gasteiger partial charge in [-0.3, -0.25) is 14.5 Å². The van der Waals surface area contributed by atoms with E-state index in [2.05, 4.69) is 10.2 Å². The van der Waals surface area contributed by atoms with Gasteiger partial charge in [0, 0.05) is 0 Å². The molecule has 168 valence electrons. The Bertz CT molecular complexity index is 1420. The molecule has 3 heterocycles. The van der Waals surface area contributed by atoms with Crippen molar-refractivity contribution < 1.29 is 13.9 Å². The van der Waals surface area contributed by atoms with Crippen molar-refractivity contribution >= 4 is 33.3 Å². The molecule has 7 nitrogen and oxygen atoms in total. The van der Waals surface area contributed by atoms with Crippen molar-refractivity contribution in [2.75, 3.05) is 11.5 Å². The first kappa shape index (κ1) is 21.3. The number of ether oxygens (including phenoxy) is 1. The number of carbonyl (C=O) groups excluding carboxylic acids is 1. The van der Waals surface area contributed by atoms with E-state index < -0.39 is 11.9 Å². The summed E-state index contributed by atoms with van der Waals surface area (Å²) < 4.78 is 11.9. The zero-order valence-corrected chi connectivity index (χ0v) is 19.4. The highest BCUT2D eigenvalue weighted by atomic mass is 32.1. The summed E-state index contributed by atoms with van der Waals surface area (Å²) in [7, 11) is 0. The third-order valence-electron chi connectivity index (χ3n) is 5.71. The first-order chi connectivity index (χ1) is 16.0. The summed E-state index contributed by atoms with van der Waals surface area (Å²) in [6.45, 7) is 6.47. The summed E-state index contributed by atoms with van der Waals surface area (Å²) in [5.41, 5.74) is 2.30. The lowest BCUT2D eigenvalue weighted by Crippen LogP contribution is -2.29. The predicted molar refractivity (Wildman–Crippen MR) is 127 cm³/mol. The van der Waals surface area contributed by atoms with E-state index in [9.17, 15) is 9.59 Å². The van der Waals surface area contributed by atoms with Crippen LogP contribution < -0.4 is 15.1 Å². The maximum absolute atomic E-state index is 13.8. The van der Waals surface area contributed by atoms with Gasteiger partial charge in [0.15, 0.2) is 5.43 Å². The highest BCUT2D eigenvalue weighted by Crippen LogP contribution is 2.42. The maximum atomic E-state index is 13.8. The van der Waals surface area contributed by atoms with Crippen LogP contribution in [0.5, 0.6) is 5.75 Å². The van der Waals surface area contributed by atoms with Gasteiger partial charge in [-0.05, 0) is 55.2 Å². The van der Waals surface area contributed by atoms with Crippen molar-refractivity contribution in [3.63, 3.8) is 0 Å². The van der Waals surface area contributed by atoms with Gasteiger partial charge in [0.1, 0.15) is 16.3 Å². The van der Waals surface area contributed by atoms with Gasteiger partial charge in [0.2, 0.25) is 10.9 Å². The maximum Gasteiger partial charge on any atom is 0.297 e. The fraction of sp³-hybridized carbons (Fsp3) is 0.280. The smallest absolute Gasteiger partial charge is 0.297 e. The molecule has 0 aliphatic carbocycles. The first-order valence-electron chi connectivity index (χ1n) is 11.0. The highest BCUT2D eigenvalue weighted by molar-refractivity contribution is 7.15. The van der Waals surface area contributed by atoms with Crippen LogP contribution in [0.25, 0.3) is 11.0 Å². The average Bonchev–Trinajstić information content (AvgIpc) is 3.38. The van der Waals surface area contributed by atoms with Crippen LogP contribution in [0.1, 0.15) is 58.6 Å². The van der Waals surface area contributed by atoms with Crippen molar-refractivity contribution in [3.05, 3.63) is 80.1 Å². The molecule has 1 amide bonds. The molecule has 0 fully saturated rings. The molecule has 4 aromatic rings. The first-order valence-corrected chi connectivity index (χ1v) is 11.8. The Morgan fingerprint density at radius 1 is 1.12 bits per heavy atom. The standard InChI is InChI=1S/C25H23N3O4S/c1-4-11-31-17-8-6-7-16(13-17)21-20-22(29)18-12-15(5-2)9-10-19(18)32-23(20)24(30)28(21)25-27-26-14(3)33-25/h6-10,12-13,21H,4-5,11H2,1-3H3. The van der Waals surface area contributed by atoms with E-state index >= 15 is 0 Å². The molecular weight excluding hydrogens is 438 g/mol. The Kier molecular flexibility index (Phi) is 5.46. The molecule has 0 N–H and O–H groups in total. The van der Waals surface area contributed by atoms with Crippen molar-refractivity contribution in [3.8, 4) is 5.75 Å². The number of aryl methyl sites for hydroxylation is 2. The van der Waals surface area contributed by atoms with Gasteiger partial charge in [0.05, 0.1) is 23.6 Å². The van der Waals surface area contributed by atoms with E-state index in [1.54, 1.807) is 6.07 Å². The predicted octanol–water partition coefficient (Wildman–Crippen LogP) is 5.05. The molecule has 0 saturated heterocycles. The summed E-state index contributed by atoms with van der Waals surface area (Å²) in [4.78, 5) is 28.8. The second-order valence-electron chi connectivity index (χ2n) is 7.96. The number of amides is 1. The Labute approximate surface area is 194 Å². The van der Waals surface area contributed by atoms with Gasteiger partial charge in [-0.25, -0.2) is 0 Å². The monoisotopic (exact) mass is 461 g/mol. The van der Waals surface area contributed by atoms with E-state index in [4.69, 9.17) is 9.15 Å². The van der Waals surface area contributed by atoms with E-state index in [1.807, 2.05) is 57.2 Å². The Morgan fingerprint density at radius 2 is 1.97 bits per heavy atom. The fourth-order valence-electron chi connectivity index (χ4n) is 4.13. The molecule has 2 aromatic carbocycles. The van der Waals surface area contributed by atoms with Crippen LogP contribution in [0.15, 0.2) is 51.7 Å². The summed E-state index contributed by atoms with van der Waals surface area (Å²) in [6.07, 6.45) is 1.67. The minimum atomic E-state index is -0.684. The zero-order chi connectivity index (χ0) is 23.1. The molecule has 1 atom stereocenters. The average molecular weight is 462 g/mol. The molecule has 8 heteroatoms. The molecule has 5 rings (SSSR count). The molecule has 1 aliphatic heterocycles. The van der Waals surface area contributed by atoms with Crippen LogP contribution in [0.4, 0.5) is 5.13 Å². The quantitative estimate of drug-likeness (QED) is 0.399. The number of fused-ring (bicyclic) bond motifs is 2. The Hall–Kier alpha value is -3.52. The van der Waals surface area contributed by atoms with E-state index in [0.29, 0.717) is 34.0 Å². The van der Waals surface area contributed by atoms with Gasteiger partial charge < -0.3 is 9.15 Å². The van der Waals surface area contributed by atoms with Crippen LogP contribution in [-0.4, -0.2) is 22.7 Å². The van der Waals surface area contributed by atoms with Crippen LogP contribution in [0.3, 0.4) is 0 Å². The number of anilines is 1. The number of nitrogens with zero attached hydrogens (tertiary/aromatic N) is 3. The summed E-state index contributed by atoms with van der Waals surface area (Å²) in [6, 6.07) is 12.3. The topological polar surface area (TPSA) is 85.5 Å². The fourth-order valence-corrected chi connectivity index (χ4v) is 4.84. The molecule has 0 radical (unpaired) electrons. The van der Waals surface area contributed by atoms with Crippen molar-refractivity contribution in [2.24, 2.45) is 0 Å². The summed E-state index contributed by atoms with van der Waals surface area (Å²) in [5.74, 6) is 0.334. The summed E-state index contributed by atoms with van der Waals surface area (Å²) in [5, 5.41) is 9.91. The molecule has 1 aliphatic rings. The van der Waals surface area contributed by atoms with Gasteiger partial charge in [-0.2, -0.15) is 0 Å². The van der Waals surface area contributed by atoms with Crippen molar-refractivity contribution in [1.82, 2.24) is 10.2 Å². The third-order valence-corrected chi connectivity index (χ3v) is 6.55. The van der Waals surface area contributed by atoms with Crippen molar-refractivity contribution in [1.29, 1.82) is 0 Å². The van der Waals surface area contributed by atoms with Crippen molar-refractivity contribution in [2.45, 2.75) is 39.7 Å². The second kappa shape index (κ2) is 8.44. The highest BCUT2D eigenvalue weighted by Gasteiger charge is 2.45. The van der Waals surface area contributed by atoms with Gasteiger partial charge >= 0.3 is 0 Å². The molecule has 0 spiro atoms. The van der Waals surface area contributed by atoms with E-state index in [1.165, 1.54) is 16.2 Å². The lowest BCUT2D eigenvalue weighted by molar-refractivity contribution is 0.0970. The minimum Gasteiger partial charge on any atom is -0.494 e. The van der Waals surface area contributed by atoms with Gasteiger partial charge in [-0.15, -0.1) is 10.2 Å². The molecule has 2 aromatic heterocycles. The van der Waals surface area contributed by atoms with E-state index in [0.717, 1.165) is 29.0 Å². The molecular formula is C25H23N3O4S. The zero-order valence-electron chi connectivity index (χ0n) is 18.6. The lowest BCUT2D eigenvalue weighted by atomic mass is 9.98. The summed E-state index contributed by atoms with van der Waals surface area (Å²) >= 11 is 1.30. The number of aromatic nitrogens is 2. The number of hydrogen-bond donors (Lipinski definition) is 0. The SMILES string of the molecule is CCCOc1cccc(C2c3c(oc4ccc(CC)cc4c3=O)C(=O)N2c2nnc(C)s2)c1.